The van der Waals surface area contributed by atoms with Crippen molar-refractivity contribution in [2.75, 3.05) is 26.8 Å². The van der Waals surface area contributed by atoms with E-state index in [9.17, 15) is 5.11 Å². The highest BCUT2D eigenvalue weighted by Crippen LogP contribution is 2.21. The van der Waals surface area contributed by atoms with E-state index in [1.54, 1.807) is 0 Å². The number of rotatable bonds is 6. The Bertz CT molecular complexity index is 388. The van der Waals surface area contributed by atoms with Gasteiger partial charge >= 0.3 is 0 Å². The third kappa shape index (κ3) is 4.26. The molecule has 0 radical (unpaired) electrons. The van der Waals surface area contributed by atoms with Gasteiger partial charge in [0.15, 0.2) is 5.82 Å². The molecule has 6 heteroatoms. The standard InChI is InChI=1S/C13H23N3O3/c1-3-4-12-14-11(15-19-12)9-16(2)10-13(17)5-7-18-8-6-13/h17H,3-10H2,1-2H3. The molecule has 1 aromatic rings. The second kappa shape index (κ2) is 6.45. The summed E-state index contributed by atoms with van der Waals surface area (Å²) in [5.74, 6) is 1.37. The molecule has 2 heterocycles. The Balaban J connectivity index is 1.84. The highest BCUT2D eigenvalue weighted by Gasteiger charge is 2.31. The molecular formula is C13H23N3O3. The Kier molecular flexibility index (Phi) is 4.90. The van der Waals surface area contributed by atoms with Crippen LogP contribution in [-0.4, -0.2) is 52.6 Å². The van der Waals surface area contributed by atoms with Crippen molar-refractivity contribution in [2.24, 2.45) is 0 Å². The monoisotopic (exact) mass is 269 g/mol. The quantitative estimate of drug-likeness (QED) is 0.830. The smallest absolute Gasteiger partial charge is 0.226 e. The Morgan fingerprint density at radius 3 is 2.79 bits per heavy atom. The molecule has 0 aromatic carbocycles. The van der Waals surface area contributed by atoms with E-state index in [0.29, 0.717) is 50.9 Å². The molecule has 1 saturated heterocycles. The fraction of sp³-hybridized carbons (Fsp3) is 0.846. The van der Waals surface area contributed by atoms with Crippen molar-refractivity contribution in [3.8, 4) is 0 Å². The van der Waals surface area contributed by atoms with Crippen LogP contribution in [-0.2, 0) is 17.7 Å². The van der Waals surface area contributed by atoms with Crippen LogP contribution in [0.2, 0.25) is 0 Å². The Morgan fingerprint density at radius 2 is 2.11 bits per heavy atom. The molecule has 1 aliphatic rings. The molecule has 1 fully saturated rings. The van der Waals surface area contributed by atoms with Crippen molar-refractivity contribution < 1.29 is 14.4 Å². The summed E-state index contributed by atoms with van der Waals surface area (Å²) >= 11 is 0. The van der Waals surface area contributed by atoms with Crippen LogP contribution in [0.1, 0.15) is 37.9 Å². The molecule has 0 saturated carbocycles. The van der Waals surface area contributed by atoms with E-state index in [2.05, 4.69) is 17.1 Å². The van der Waals surface area contributed by atoms with Crippen LogP contribution in [0, 0.1) is 0 Å². The van der Waals surface area contributed by atoms with E-state index in [1.807, 2.05) is 11.9 Å². The van der Waals surface area contributed by atoms with Gasteiger partial charge in [0.1, 0.15) is 0 Å². The van der Waals surface area contributed by atoms with Gasteiger partial charge in [0.2, 0.25) is 5.89 Å². The second-order valence-corrected chi connectivity index (χ2v) is 5.36. The lowest BCUT2D eigenvalue weighted by Gasteiger charge is -2.35. The van der Waals surface area contributed by atoms with Gasteiger partial charge in [0, 0.05) is 39.0 Å². The topological polar surface area (TPSA) is 71.6 Å². The number of aromatic nitrogens is 2. The molecule has 1 aromatic heterocycles. The van der Waals surface area contributed by atoms with Gasteiger partial charge in [-0.1, -0.05) is 12.1 Å². The summed E-state index contributed by atoms with van der Waals surface area (Å²) in [4.78, 5) is 6.36. The van der Waals surface area contributed by atoms with Crippen LogP contribution in [0.5, 0.6) is 0 Å². The fourth-order valence-electron chi connectivity index (χ4n) is 2.38. The van der Waals surface area contributed by atoms with Gasteiger partial charge in [0.05, 0.1) is 12.1 Å². The van der Waals surface area contributed by atoms with Crippen LogP contribution >= 0.6 is 0 Å². The zero-order valence-electron chi connectivity index (χ0n) is 11.8. The van der Waals surface area contributed by atoms with Crippen LogP contribution in [0.25, 0.3) is 0 Å². The minimum atomic E-state index is -0.650. The lowest BCUT2D eigenvalue weighted by Crippen LogP contribution is -2.45. The summed E-state index contributed by atoms with van der Waals surface area (Å²) in [5.41, 5.74) is -0.650. The van der Waals surface area contributed by atoms with E-state index in [4.69, 9.17) is 9.26 Å². The largest absolute Gasteiger partial charge is 0.388 e. The molecule has 0 atom stereocenters. The van der Waals surface area contributed by atoms with Crippen molar-refractivity contribution in [1.82, 2.24) is 15.0 Å². The molecule has 0 spiro atoms. The first kappa shape index (κ1) is 14.4. The van der Waals surface area contributed by atoms with Crippen LogP contribution in [0.4, 0.5) is 0 Å². The molecule has 108 valence electrons. The van der Waals surface area contributed by atoms with Crippen LogP contribution in [0.3, 0.4) is 0 Å². The average Bonchev–Trinajstić information content (AvgIpc) is 2.77. The summed E-state index contributed by atoms with van der Waals surface area (Å²) < 4.78 is 10.4. The minimum absolute atomic E-state index is 0.594. The van der Waals surface area contributed by atoms with Crippen molar-refractivity contribution in [3.63, 3.8) is 0 Å². The number of ether oxygens (including phenoxy) is 1. The number of likely N-dealkylation sites (N-methyl/N-ethyl adjacent to an activating group) is 1. The molecule has 0 aliphatic carbocycles. The predicted octanol–water partition coefficient (Wildman–Crippen LogP) is 0.995. The first-order chi connectivity index (χ1) is 9.11. The number of nitrogens with zero attached hydrogens (tertiary/aromatic N) is 3. The van der Waals surface area contributed by atoms with Gasteiger partial charge in [-0.3, -0.25) is 4.90 Å². The van der Waals surface area contributed by atoms with E-state index in [1.165, 1.54) is 0 Å². The van der Waals surface area contributed by atoms with Gasteiger partial charge in [-0.15, -0.1) is 0 Å². The highest BCUT2D eigenvalue weighted by molar-refractivity contribution is 4.89. The summed E-state index contributed by atoms with van der Waals surface area (Å²) in [6.07, 6.45) is 3.19. The van der Waals surface area contributed by atoms with Gasteiger partial charge < -0.3 is 14.4 Å². The SMILES string of the molecule is CCCc1nc(CN(C)CC2(O)CCOCC2)no1. The first-order valence-electron chi connectivity index (χ1n) is 6.91. The molecule has 0 bridgehead atoms. The normalized spacial score (nSPS) is 18.9. The summed E-state index contributed by atoms with van der Waals surface area (Å²) in [6, 6.07) is 0. The first-order valence-corrected chi connectivity index (χ1v) is 6.91. The number of aliphatic hydroxyl groups is 1. The Hall–Kier alpha value is -0.980. The lowest BCUT2D eigenvalue weighted by atomic mass is 9.94. The maximum Gasteiger partial charge on any atom is 0.226 e. The lowest BCUT2D eigenvalue weighted by molar-refractivity contribution is -0.0779. The molecule has 0 amide bonds. The molecular weight excluding hydrogens is 246 g/mol. The molecule has 19 heavy (non-hydrogen) atoms. The van der Waals surface area contributed by atoms with E-state index < -0.39 is 5.60 Å². The maximum atomic E-state index is 10.4. The summed E-state index contributed by atoms with van der Waals surface area (Å²) in [5, 5.41) is 14.4. The third-order valence-corrected chi connectivity index (χ3v) is 3.37. The average molecular weight is 269 g/mol. The van der Waals surface area contributed by atoms with Gasteiger partial charge in [-0.25, -0.2) is 0 Å². The van der Waals surface area contributed by atoms with Crippen molar-refractivity contribution in [1.29, 1.82) is 0 Å². The number of hydrogen-bond acceptors (Lipinski definition) is 6. The summed E-state index contributed by atoms with van der Waals surface area (Å²) in [6.45, 7) is 4.54. The number of aryl methyl sites for hydroxylation is 1. The molecule has 2 rings (SSSR count). The second-order valence-electron chi connectivity index (χ2n) is 5.36. The molecule has 6 nitrogen and oxygen atoms in total. The molecule has 1 N–H and O–H groups in total. The van der Waals surface area contributed by atoms with Gasteiger partial charge in [-0.2, -0.15) is 4.98 Å². The highest BCUT2D eigenvalue weighted by atomic mass is 16.5. The molecule has 0 unspecified atom stereocenters. The number of hydrogen-bond donors (Lipinski definition) is 1. The Morgan fingerprint density at radius 1 is 1.37 bits per heavy atom. The van der Waals surface area contributed by atoms with Gasteiger partial charge in [0.25, 0.3) is 0 Å². The van der Waals surface area contributed by atoms with Crippen LogP contribution < -0.4 is 0 Å². The van der Waals surface area contributed by atoms with Crippen LogP contribution in [0.15, 0.2) is 4.52 Å². The fourth-order valence-corrected chi connectivity index (χ4v) is 2.38. The zero-order chi connectivity index (χ0) is 13.7. The Labute approximate surface area is 113 Å². The third-order valence-electron chi connectivity index (χ3n) is 3.37. The van der Waals surface area contributed by atoms with Crippen molar-refractivity contribution in [3.05, 3.63) is 11.7 Å². The van der Waals surface area contributed by atoms with E-state index in [-0.39, 0.29) is 0 Å². The molecule has 1 aliphatic heterocycles. The predicted molar refractivity (Wildman–Crippen MR) is 69.6 cm³/mol. The van der Waals surface area contributed by atoms with Crippen molar-refractivity contribution in [2.45, 2.75) is 44.8 Å². The van der Waals surface area contributed by atoms with Gasteiger partial charge in [-0.05, 0) is 13.5 Å². The van der Waals surface area contributed by atoms with E-state index in [0.717, 1.165) is 12.8 Å². The minimum Gasteiger partial charge on any atom is -0.388 e. The summed E-state index contributed by atoms with van der Waals surface area (Å²) in [7, 11) is 1.96. The maximum absolute atomic E-state index is 10.4. The van der Waals surface area contributed by atoms with Crippen molar-refractivity contribution >= 4 is 0 Å². The zero-order valence-corrected chi connectivity index (χ0v) is 11.8. The van der Waals surface area contributed by atoms with E-state index >= 15 is 0 Å².